The number of aliphatic hydroxyl groups excluding tert-OH is 1. The smallest absolute Gasteiger partial charge is 0.324 e. The summed E-state index contributed by atoms with van der Waals surface area (Å²) in [6.07, 6.45) is 1.78. The number of rotatable bonds is 26. The molecule has 0 aliphatic carbocycles. The van der Waals surface area contributed by atoms with Crippen LogP contribution in [0.4, 0.5) is 4.79 Å². The Kier molecular flexibility index (Phi) is 23.9. The summed E-state index contributed by atoms with van der Waals surface area (Å²) in [5, 5.41) is 11.3. The van der Waals surface area contributed by atoms with E-state index in [1.54, 1.807) is 7.05 Å². The van der Waals surface area contributed by atoms with Gasteiger partial charge in [-0.1, -0.05) is 41.0 Å². The van der Waals surface area contributed by atoms with E-state index >= 15 is 0 Å². The lowest BCUT2D eigenvalue weighted by Crippen LogP contribution is -2.55. The van der Waals surface area contributed by atoms with Crippen LogP contribution in [0.5, 0.6) is 0 Å². The van der Waals surface area contributed by atoms with Crippen LogP contribution in [-0.4, -0.2) is 137 Å². The van der Waals surface area contributed by atoms with E-state index in [0.29, 0.717) is 39.5 Å². The van der Waals surface area contributed by atoms with Crippen molar-refractivity contribution < 1.29 is 48.0 Å². The molecule has 0 aliphatic rings. The highest BCUT2D eigenvalue weighted by Crippen LogP contribution is 2.21. The van der Waals surface area contributed by atoms with Crippen LogP contribution in [0, 0.1) is 11.8 Å². The minimum absolute atomic E-state index is 0.00125. The third kappa shape index (κ3) is 16.5. The van der Waals surface area contributed by atoms with Crippen LogP contribution >= 0.6 is 0 Å². The van der Waals surface area contributed by atoms with Crippen molar-refractivity contribution in [3.8, 4) is 0 Å². The van der Waals surface area contributed by atoms with Gasteiger partial charge in [0.15, 0.2) is 0 Å². The fourth-order valence-corrected chi connectivity index (χ4v) is 4.74. The molecule has 0 aromatic rings. The Morgan fingerprint density at radius 1 is 0.837 bits per heavy atom. The Morgan fingerprint density at radius 2 is 1.37 bits per heavy atom. The average molecular weight is 620 g/mol. The largest absolute Gasteiger partial charge is 0.394 e. The molecule has 4 unspecified atom stereocenters. The Morgan fingerprint density at radius 3 is 1.81 bits per heavy atom. The van der Waals surface area contributed by atoms with Gasteiger partial charge in [-0.2, -0.15) is 0 Å². The summed E-state index contributed by atoms with van der Waals surface area (Å²) in [5.74, 6) is -0.670. The fourth-order valence-electron chi connectivity index (χ4n) is 4.74. The molecule has 4 amide bonds. The topological polar surface area (TPSA) is 153 Å². The number of nitrogens with zero attached hydrogens (tertiary/aromatic N) is 2. The number of ether oxygens (including phenoxy) is 5. The van der Waals surface area contributed by atoms with E-state index in [4.69, 9.17) is 28.8 Å². The highest BCUT2D eigenvalue weighted by molar-refractivity contribution is 5.96. The molecule has 0 radical (unpaired) electrons. The number of hydrogen-bond donors (Lipinski definition) is 2. The third-order valence-electron chi connectivity index (χ3n) is 7.29. The van der Waals surface area contributed by atoms with Gasteiger partial charge >= 0.3 is 6.03 Å². The normalized spacial score (nSPS) is 14.2. The zero-order valence-corrected chi connectivity index (χ0v) is 27.4. The number of hydrogen-bond acceptors (Lipinski definition) is 10. The molecular weight excluding hydrogens is 562 g/mol. The number of aldehydes is 1. The molecule has 0 saturated carbocycles. The Labute approximate surface area is 257 Å². The van der Waals surface area contributed by atoms with Crippen LogP contribution < -0.4 is 5.32 Å². The number of methoxy groups -OCH3 is 1. The highest BCUT2D eigenvalue weighted by Gasteiger charge is 2.34. The number of urea groups is 1. The quantitative estimate of drug-likeness (QED) is 0.108. The monoisotopic (exact) mass is 619 g/mol. The van der Waals surface area contributed by atoms with Crippen molar-refractivity contribution >= 4 is 24.1 Å². The van der Waals surface area contributed by atoms with Gasteiger partial charge in [0.2, 0.25) is 11.8 Å². The predicted octanol–water partition coefficient (Wildman–Crippen LogP) is 1.89. The van der Waals surface area contributed by atoms with Gasteiger partial charge < -0.3 is 43.8 Å². The van der Waals surface area contributed by atoms with E-state index in [1.807, 2.05) is 34.6 Å². The van der Waals surface area contributed by atoms with E-state index in [2.05, 4.69) is 5.32 Å². The number of aliphatic hydroxyl groups is 1. The molecule has 0 aromatic carbocycles. The van der Waals surface area contributed by atoms with Gasteiger partial charge in [-0.3, -0.25) is 14.5 Å². The second kappa shape index (κ2) is 25.2. The van der Waals surface area contributed by atoms with Crippen molar-refractivity contribution in [3.63, 3.8) is 0 Å². The summed E-state index contributed by atoms with van der Waals surface area (Å²) < 4.78 is 26.9. The van der Waals surface area contributed by atoms with Crippen LogP contribution in [0.25, 0.3) is 0 Å². The molecule has 252 valence electrons. The molecule has 0 saturated heterocycles. The lowest BCUT2D eigenvalue weighted by molar-refractivity contribution is -0.137. The van der Waals surface area contributed by atoms with Crippen molar-refractivity contribution in [2.75, 3.05) is 80.2 Å². The molecule has 0 fully saturated rings. The molecule has 13 nitrogen and oxygen atoms in total. The summed E-state index contributed by atoms with van der Waals surface area (Å²) in [7, 11) is 3.15. The van der Waals surface area contributed by atoms with Crippen molar-refractivity contribution in [3.05, 3.63) is 0 Å². The minimum Gasteiger partial charge on any atom is -0.394 e. The van der Waals surface area contributed by atoms with Gasteiger partial charge in [-0.15, -0.1) is 0 Å². The standard InChI is InChI=1S/C30H57N3O10/c1-8-24(5)29(26(39-7)10-12-34)32(6)28(37)22-31-30(38)33(25(9-2)23(3)4)27(36)11-14-40-16-18-42-20-21-43-19-17-41-15-13-35/h12,23-26,29,35H,8-11,13-22H2,1-7H3,(H,31,38). The SMILES string of the molecule is CCC(C)C(C(CC=O)OC)N(C)C(=O)CNC(=O)N(C(=O)CCOCCOCCOCCOCCO)C(CC)C(C)C. The fraction of sp³-hybridized carbons (Fsp3) is 0.867. The van der Waals surface area contributed by atoms with Crippen molar-refractivity contribution in [2.45, 2.75) is 78.5 Å². The Balaban J connectivity index is 4.91. The second-order valence-electron chi connectivity index (χ2n) is 10.6. The van der Waals surface area contributed by atoms with Crippen LogP contribution in [0.2, 0.25) is 0 Å². The maximum absolute atomic E-state index is 13.3. The third-order valence-corrected chi connectivity index (χ3v) is 7.29. The first kappa shape index (κ1) is 40.8. The number of imide groups is 1. The Hall–Kier alpha value is -2.16. The van der Waals surface area contributed by atoms with E-state index in [-0.39, 0.29) is 81.5 Å². The number of carbonyl (C=O) groups excluding carboxylic acids is 4. The predicted molar refractivity (Wildman–Crippen MR) is 162 cm³/mol. The first-order chi connectivity index (χ1) is 20.6. The van der Waals surface area contributed by atoms with Gasteiger partial charge in [-0.05, 0) is 18.3 Å². The van der Waals surface area contributed by atoms with Crippen LogP contribution in [0.3, 0.4) is 0 Å². The molecule has 0 aromatic heterocycles. The molecule has 13 heteroatoms. The van der Waals surface area contributed by atoms with Crippen LogP contribution in [-0.2, 0) is 38.1 Å². The second-order valence-corrected chi connectivity index (χ2v) is 10.6. The molecule has 4 atom stereocenters. The first-order valence-corrected chi connectivity index (χ1v) is 15.3. The summed E-state index contributed by atoms with van der Waals surface area (Å²) in [6.45, 7) is 12.1. The van der Waals surface area contributed by atoms with E-state index in [9.17, 15) is 19.2 Å². The van der Waals surface area contributed by atoms with Crippen molar-refractivity contribution in [1.29, 1.82) is 0 Å². The van der Waals surface area contributed by atoms with Crippen LogP contribution in [0.15, 0.2) is 0 Å². The van der Waals surface area contributed by atoms with Gasteiger partial charge in [-0.25, -0.2) is 4.79 Å². The Bertz CT molecular complexity index is 770. The lowest BCUT2D eigenvalue weighted by atomic mass is 9.91. The average Bonchev–Trinajstić information content (AvgIpc) is 2.99. The molecule has 0 aliphatic heterocycles. The maximum Gasteiger partial charge on any atom is 0.324 e. The number of nitrogens with one attached hydrogen (secondary N) is 1. The molecule has 0 spiro atoms. The molecule has 2 N–H and O–H groups in total. The van der Waals surface area contributed by atoms with Gasteiger partial charge in [0, 0.05) is 26.6 Å². The summed E-state index contributed by atoms with van der Waals surface area (Å²) in [5.41, 5.74) is 0. The number of likely N-dealkylation sites (N-methyl/N-ethyl adjacent to an activating group) is 1. The minimum atomic E-state index is -0.631. The zero-order valence-electron chi connectivity index (χ0n) is 27.4. The molecular formula is C30H57N3O10. The number of carbonyl (C=O) groups is 4. The van der Waals surface area contributed by atoms with E-state index in [0.717, 1.165) is 12.7 Å². The zero-order chi connectivity index (χ0) is 32.6. The first-order valence-electron chi connectivity index (χ1n) is 15.3. The van der Waals surface area contributed by atoms with Crippen LogP contribution in [0.1, 0.15) is 60.3 Å². The number of amides is 4. The molecule has 0 rings (SSSR count). The molecule has 0 heterocycles. The molecule has 0 bridgehead atoms. The molecule has 43 heavy (non-hydrogen) atoms. The maximum atomic E-state index is 13.3. The summed E-state index contributed by atoms with van der Waals surface area (Å²) in [4.78, 5) is 53.5. The van der Waals surface area contributed by atoms with E-state index in [1.165, 1.54) is 16.9 Å². The van der Waals surface area contributed by atoms with Gasteiger partial charge in [0.05, 0.1) is 84.6 Å². The van der Waals surface area contributed by atoms with E-state index < -0.39 is 12.1 Å². The van der Waals surface area contributed by atoms with Gasteiger partial charge in [0.1, 0.15) is 6.29 Å². The van der Waals surface area contributed by atoms with Crippen molar-refractivity contribution in [1.82, 2.24) is 15.1 Å². The van der Waals surface area contributed by atoms with Crippen molar-refractivity contribution in [2.24, 2.45) is 11.8 Å². The lowest BCUT2D eigenvalue weighted by Gasteiger charge is -2.37. The highest BCUT2D eigenvalue weighted by atomic mass is 16.6. The van der Waals surface area contributed by atoms with Gasteiger partial charge in [0.25, 0.3) is 0 Å². The summed E-state index contributed by atoms with van der Waals surface area (Å²) in [6, 6.07) is -1.34. The summed E-state index contributed by atoms with van der Waals surface area (Å²) >= 11 is 0.